The lowest BCUT2D eigenvalue weighted by Gasteiger charge is -2.09. The average molecular weight is 212 g/mol. The number of rotatable bonds is 5. The normalized spacial score (nSPS) is 21.5. The second kappa shape index (κ2) is 5.50. The van der Waals surface area contributed by atoms with E-state index in [-0.39, 0.29) is 11.9 Å². The van der Waals surface area contributed by atoms with Crippen molar-refractivity contribution in [3.63, 3.8) is 0 Å². The van der Waals surface area contributed by atoms with E-state index in [0.29, 0.717) is 25.1 Å². The number of hydrogen-bond acceptors (Lipinski definition) is 3. The minimum Gasteiger partial charge on any atom is -0.478 e. The Balaban J connectivity index is 2.14. The first kappa shape index (κ1) is 11.7. The third-order valence-corrected chi connectivity index (χ3v) is 2.37. The maximum Gasteiger partial charge on any atom is 0.330 e. The van der Waals surface area contributed by atoms with E-state index in [1.165, 1.54) is 0 Å². The first-order chi connectivity index (χ1) is 7.09. The van der Waals surface area contributed by atoms with Crippen LogP contribution in [0.15, 0.2) is 11.6 Å². The minimum atomic E-state index is -0.897. The number of carboxylic acid groups (broad SMARTS) is 1. The molecule has 1 fully saturated rings. The van der Waals surface area contributed by atoms with Gasteiger partial charge in [-0.25, -0.2) is 4.79 Å². The van der Waals surface area contributed by atoms with Gasteiger partial charge < -0.3 is 15.7 Å². The first-order valence-electron chi connectivity index (χ1n) is 4.99. The summed E-state index contributed by atoms with van der Waals surface area (Å²) < 4.78 is 0. The predicted molar refractivity (Wildman–Crippen MR) is 55.4 cm³/mol. The van der Waals surface area contributed by atoms with Crippen LogP contribution < -0.4 is 10.6 Å². The zero-order valence-electron chi connectivity index (χ0n) is 8.75. The fourth-order valence-electron chi connectivity index (χ4n) is 1.40. The fourth-order valence-corrected chi connectivity index (χ4v) is 1.40. The summed E-state index contributed by atoms with van der Waals surface area (Å²) in [6.07, 6.45) is 3.07. The molecule has 1 unspecified atom stereocenters. The van der Waals surface area contributed by atoms with Crippen molar-refractivity contribution >= 4 is 11.9 Å². The molecule has 0 aromatic carbocycles. The Morgan fingerprint density at radius 2 is 2.47 bits per heavy atom. The Kier molecular flexibility index (Phi) is 4.30. The summed E-state index contributed by atoms with van der Waals surface area (Å²) >= 11 is 0. The number of hydrogen-bond donors (Lipinski definition) is 3. The Bertz CT molecular complexity index is 286. The van der Waals surface area contributed by atoms with Gasteiger partial charge in [0.2, 0.25) is 5.91 Å². The lowest BCUT2D eigenvalue weighted by atomic mass is 10.2. The summed E-state index contributed by atoms with van der Waals surface area (Å²) in [6, 6.07) is 0.191. The predicted octanol–water partition coefficient (Wildman–Crippen LogP) is -0.114. The van der Waals surface area contributed by atoms with E-state index >= 15 is 0 Å². The quantitative estimate of drug-likeness (QED) is 0.439. The second-order valence-electron chi connectivity index (χ2n) is 3.65. The zero-order valence-corrected chi connectivity index (χ0v) is 8.75. The smallest absolute Gasteiger partial charge is 0.330 e. The molecule has 0 spiro atoms. The van der Waals surface area contributed by atoms with Crippen LogP contribution in [-0.2, 0) is 9.59 Å². The van der Waals surface area contributed by atoms with E-state index in [9.17, 15) is 9.59 Å². The van der Waals surface area contributed by atoms with Crippen LogP contribution in [0.5, 0.6) is 0 Å². The van der Waals surface area contributed by atoms with Crippen molar-refractivity contribution in [1.29, 1.82) is 0 Å². The molecule has 0 aromatic heterocycles. The molecule has 15 heavy (non-hydrogen) atoms. The largest absolute Gasteiger partial charge is 0.478 e. The summed E-state index contributed by atoms with van der Waals surface area (Å²) in [5.74, 6) is -0.801. The number of carbonyl (C=O) groups is 2. The van der Waals surface area contributed by atoms with E-state index in [1.54, 1.807) is 13.0 Å². The van der Waals surface area contributed by atoms with Crippen molar-refractivity contribution in [3.05, 3.63) is 11.6 Å². The molecule has 3 N–H and O–H groups in total. The van der Waals surface area contributed by atoms with Gasteiger partial charge in [0.25, 0.3) is 0 Å². The van der Waals surface area contributed by atoms with Gasteiger partial charge in [-0.05, 0) is 13.3 Å². The van der Waals surface area contributed by atoms with E-state index in [1.807, 2.05) is 0 Å². The molecule has 1 rings (SSSR count). The van der Waals surface area contributed by atoms with E-state index in [4.69, 9.17) is 5.11 Å². The summed E-state index contributed by atoms with van der Waals surface area (Å²) in [5, 5.41) is 14.5. The Morgan fingerprint density at radius 1 is 1.73 bits per heavy atom. The van der Waals surface area contributed by atoms with Gasteiger partial charge in [-0.3, -0.25) is 4.79 Å². The number of amides is 1. The summed E-state index contributed by atoms with van der Waals surface area (Å²) in [4.78, 5) is 21.3. The highest BCUT2D eigenvalue weighted by Gasteiger charge is 2.19. The summed E-state index contributed by atoms with van der Waals surface area (Å²) in [5.41, 5.74) is 0.331. The van der Waals surface area contributed by atoms with Gasteiger partial charge >= 0.3 is 5.97 Å². The highest BCUT2D eigenvalue weighted by Crippen LogP contribution is 2.04. The zero-order chi connectivity index (χ0) is 11.3. The molecule has 0 bridgehead atoms. The molecule has 1 atom stereocenters. The van der Waals surface area contributed by atoms with Crippen LogP contribution in [0, 0.1) is 0 Å². The first-order valence-corrected chi connectivity index (χ1v) is 4.99. The molecule has 0 aromatic rings. The third-order valence-electron chi connectivity index (χ3n) is 2.37. The Hall–Kier alpha value is -1.36. The van der Waals surface area contributed by atoms with Gasteiger partial charge in [0.15, 0.2) is 0 Å². The molecule has 1 heterocycles. The molecule has 5 heteroatoms. The van der Waals surface area contributed by atoms with Gasteiger partial charge in [-0.1, -0.05) is 6.08 Å². The Labute approximate surface area is 88.5 Å². The number of carbonyl (C=O) groups excluding carboxylic acids is 1. The molecule has 0 saturated carbocycles. The van der Waals surface area contributed by atoms with Crippen LogP contribution >= 0.6 is 0 Å². The van der Waals surface area contributed by atoms with E-state index in [0.717, 1.165) is 6.42 Å². The molecule has 1 amide bonds. The second-order valence-corrected chi connectivity index (χ2v) is 3.65. The van der Waals surface area contributed by atoms with Gasteiger partial charge in [-0.2, -0.15) is 0 Å². The van der Waals surface area contributed by atoms with Crippen LogP contribution in [0.1, 0.15) is 19.8 Å². The molecular formula is C10H16N2O3. The van der Waals surface area contributed by atoms with Crippen LogP contribution in [0.3, 0.4) is 0 Å². The fraction of sp³-hybridized carbons (Fsp3) is 0.600. The van der Waals surface area contributed by atoms with Crippen LogP contribution in [0.2, 0.25) is 0 Å². The lowest BCUT2D eigenvalue weighted by Crippen LogP contribution is -2.35. The van der Waals surface area contributed by atoms with Crippen molar-refractivity contribution in [2.75, 3.05) is 13.1 Å². The Morgan fingerprint density at radius 3 is 3.00 bits per heavy atom. The molecule has 0 radical (unpaired) electrons. The third kappa shape index (κ3) is 4.12. The topological polar surface area (TPSA) is 78.4 Å². The van der Waals surface area contributed by atoms with Crippen LogP contribution in [-0.4, -0.2) is 36.1 Å². The van der Waals surface area contributed by atoms with Gasteiger partial charge in [0, 0.05) is 31.1 Å². The maximum atomic E-state index is 10.9. The van der Waals surface area contributed by atoms with Crippen molar-refractivity contribution in [2.24, 2.45) is 0 Å². The van der Waals surface area contributed by atoms with E-state index < -0.39 is 5.97 Å². The highest BCUT2D eigenvalue weighted by molar-refractivity contribution is 5.85. The molecule has 5 nitrogen and oxygen atoms in total. The van der Waals surface area contributed by atoms with Crippen molar-refractivity contribution in [2.45, 2.75) is 25.8 Å². The van der Waals surface area contributed by atoms with Crippen molar-refractivity contribution < 1.29 is 14.7 Å². The molecule has 0 aliphatic carbocycles. The van der Waals surface area contributed by atoms with Gasteiger partial charge in [0.05, 0.1) is 0 Å². The minimum absolute atomic E-state index is 0.0964. The summed E-state index contributed by atoms with van der Waals surface area (Å²) in [7, 11) is 0. The molecule has 1 aliphatic heterocycles. The molecule has 84 valence electrons. The average Bonchev–Trinajstić information content (AvgIpc) is 2.58. The molecule has 1 aliphatic rings. The highest BCUT2D eigenvalue weighted by atomic mass is 16.4. The van der Waals surface area contributed by atoms with Crippen LogP contribution in [0.25, 0.3) is 0 Å². The summed E-state index contributed by atoms with van der Waals surface area (Å²) in [6.45, 7) is 2.76. The number of aliphatic carboxylic acids is 1. The standard InChI is InChI=1S/C10H16N2O3/c1-7(10(14)15)4-5-11-6-8-2-3-9(13)12-8/h4,8,11H,2-3,5-6H2,1H3,(H,12,13)(H,14,15). The van der Waals surface area contributed by atoms with Crippen molar-refractivity contribution in [3.8, 4) is 0 Å². The molecular weight excluding hydrogens is 196 g/mol. The lowest BCUT2D eigenvalue weighted by molar-refractivity contribution is -0.132. The van der Waals surface area contributed by atoms with E-state index in [2.05, 4.69) is 10.6 Å². The van der Waals surface area contributed by atoms with Gasteiger partial charge in [-0.15, -0.1) is 0 Å². The SMILES string of the molecule is CC(=CCNCC1CCC(=O)N1)C(=O)O. The van der Waals surface area contributed by atoms with Gasteiger partial charge in [0.1, 0.15) is 0 Å². The molecule has 1 saturated heterocycles. The maximum absolute atomic E-state index is 10.9. The number of nitrogens with one attached hydrogen (secondary N) is 2. The van der Waals surface area contributed by atoms with Crippen LogP contribution in [0.4, 0.5) is 0 Å². The monoisotopic (exact) mass is 212 g/mol. The van der Waals surface area contributed by atoms with Crippen molar-refractivity contribution in [1.82, 2.24) is 10.6 Å². The number of carboxylic acids is 1.